The van der Waals surface area contributed by atoms with Crippen molar-refractivity contribution in [3.05, 3.63) is 0 Å². The summed E-state index contributed by atoms with van der Waals surface area (Å²) in [6.45, 7) is -0.0280. The van der Waals surface area contributed by atoms with Crippen molar-refractivity contribution < 1.29 is 15.3 Å². The summed E-state index contributed by atoms with van der Waals surface area (Å²) in [7, 11) is 0. The normalized spacial score (nSPS) is 43.7. The molecule has 0 amide bonds. The zero-order valence-electron chi connectivity index (χ0n) is 4.94. The van der Waals surface area contributed by atoms with Crippen molar-refractivity contribution in [1.29, 1.82) is 0 Å². The van der Waals surface area contributed by atoms with E-state index in [1.807, 2.05) is 0 Å². The van der Waals surface area contributed by atoms with E-state index in [0.717, 1.165) is 11.8 Å². The van der Waals surface area contributed by atoms with Gasteiger partial charge in [0.15, 0.2) is 5.25 Å². The minimum atomic E-state index is -0.711. The van der Waals surface area contributed by atoms with E-state index >= 15 is 0 Å². The molecule has 0 aromatic carbocycles. The fraction of sp³-hybridized carbons (Fsp3) is 1.00. The van der Waals surface area contributed by atoms with Gasteiger partial charge >= 0.3 is 0 Å². The Morgan fingerprint density at radius 1 is 1.44 bits per heavy atom. The number of rotatable bonds is 1. The van der Waals surface area contributed by atoms with Gasteiger partial charge in [0, 0.05) is 0 Å². The van der Waals surface area contributed by atoms with Crippen molar-refractivity contribution in [3.8, 4) is 0 Å². The number of aliphatic hydroxyl groups is 3. The van der Waals surface area contributed by atoms with Crippen LogP contribution in [0.2, 0.25) is 0 Å². The van der Waals surface area contributed by atoms with Crippen LogP contribution in [0.3, 0.4) is 0 Å². The van der Waals surface area contributed by atoms with Crippen molar-refractivity contribution in [2.75, 3.05) is 12.4 Å². The van der Waals surface area contributed by atoms with Gasteiger partial charge in [0.2, 0.25) is 0 Å². The third-order valence-corrected chi connectivity index (χ3v) is 3.03. The molecule has 0 aliphatic carbocycles. The summed E-state index contributed by atoms with van der Waals surface area (Å²) < 4.78 is 0. The van der Waals surface area contributed by atoms with Crippen LogP contribution in [0, 0.1) is 0 Å². The summed E-state index contributed by atoms with van der Waals surface area (Å²) in [6, 6.07) is 0. The van der Waals surface area contributed by atoms with Gasteiger partial charge in [-0.2, -0.15) is 0 Å². The van der Waals surface area contributed by atoms with Crippen LogP contribution in [0.5, 0.6) is 0 Å². The van der Waals surface area contributed by atoms with E-state index in [0.29, 0.717) is 5.75 Å². The van der Waals surface area contributed by atoms with Gasteiger partial charge in [0.05, 0.1) is 6.61 Å². The highest BCUT2D eigenvalue weighted by Gasteiger charge is 2.40. The van der Waals surface area contributed by atoms with Crippen LogP contribution < -0.4 is 0 Å². The molecular formula is C5H11O3S+. The predicted octanol–water partition coefficient (Wildman–Crippen LogP) is -2.10. The minimum absolute atomic E-state index is 0.0280. The summed E-state index contributed by atoms with van der Waals surface area (Å²) in [4.78, 5) is 0. The monoisotopic (exact) mass is 151 g/mol. The van der Waals surface area contributed by atoms with E-state index in [-0.39, 0.29) is 11.9 Å². The molecule has 0 aromatic heterocycles. The van der Waals surface area contributed by atoms with Gasteiger partial charge in [-0.15, -0.1) is 0 Å². The largest absolute Gasteiger partial charge is 0.391 e. The molecule has 1 aliphatic heterocycles. The van der Waals surface area contributed by atoms with Gasteiger partial charge in [-0.25, -0.2) is 0 Å². The Bertz CT molecular complexity index is 98.2. The van der Waals surface area contributed by atoms with Crippen molar-refractivity contribution in [1.82, 2.24) is 0 Å². The average Bonchev–Trinajstić information content (AvgIpc) is 2.15. The molecule has 54 valence electrons. The number of thiol groups is 1. The van der Waals surface area contributed by atoms with Crippen LogP contribution in [0.25, 0.3) is 0 Å². The predicted molar refractivity (Wildman–Crippen MR) is 36.5 cm³/mol. The minimum Gasteiger partial charge on any atom is -0.391 e. The zero-order chi connectivity index (χ0) is 6.85. The molecule has 3 nitrogen and oxygen atoms in total. The molecule has 1 heterocycles. The molecule has 1 unspecified atom stereocenters. The van der Waals surface area contributed by atoms with Crippen LogP contribution in [0.15, 0.2) is 0 Å². The molecule has 9 heavy (non-hydrogen) atoms. The number of hydrogen-bond acceptors (Lipinski definition) is 3. The molecule has 0 aromatic rings. The first-order chi connectivity index (χ1) is 4.25. The van der Waals surface area contributed by atoms with Gasteiger partial charge in [-0.3, -0.25) is 0 Å². The zero-order valence-corrected chi connectivity index (χ0v) is 5.83. The molecule has 1 rings (SSSR count). The highest BCUT2D eigenvalue weighted by atomic mass is 32.2. The molecule has 1 fully saturated rings. The van der Waals surface area contributed by atoms with E-state index < -0.39 is 12.2 Å². The quantitative estimate of drug-likeness (QED) is 0.297. The Balaban J connectivity index is 2.41. The lowest BCUT2D eigenvalue weighted by Crippen LogP contribution is -2.31. The summed E-state index contributed by atoms with van der Waals surface area (Å²) in [5, 5.41) is 26.4. The summed E-state index contributed by atoms with van der Waals surface area (Å²) in [5.74, 6) is 0.590. The summed E-state index contributed by atoms with van der Waals surface area (Å²) in [6.07, 6.45) is -1.33. The fourth-order valence-corrected chi connectivity index (χ4v) is 2.11. The first kappa shape index (κ1) is 7.34. The van der Waals surface area contributed by atoms with E-state index in [1.165, 1.54) is 0 Å². The van der Waals surface area contributed by atoms with E-state index in [2.05, 4.69) is 0 Å². The lowest BCUT2D eigenvalue weighted by atomic mass is 10.2. The van der Waals surface area contributed by atoms with Crippen LogP contribution >= 0.6 is 0 Å². The standard InChI is InChI=1S/C5H10O3S/c6-1-4-5(8)3(7)2-9-4/h3-8H,1-2H2/p+1/t3-,4?,5+/m1/s1. The fourth-order valence-electron chi connectivity index (χ4n) is 0.882. The maximum atomic E-state index is 9.04. The van der Waals surface area contributed by atoms with Crippen LogP contribution in [0.4, 0.5) is 0 Å². The maximum absolute atomic E-state index is 9.04. The van der Waals surface area contributed by atoms with E-state index in [4.69, 9.17) is 15.3 Å². The summed E-state index contributed by atoms with van der Waals surface area (Å²) >= 11 is 0.959. The van der Waals surface area contributed by atoms with Crippen molar-refractivity contribution in [3.63, 3.8) is 0 Å². The lowest BCUT2D eigenvalue weighted by Gasteiger charge is -2.05. The topological polar surface area (TPSA) is 60.7 Å². The Kier molecular flexibility index (Phi) is 2.35. The van der Waals surface area contributed by atoms with Gasteiger partial charge in [-0.05, 0) is 11.8 Å². The van der Waals surface area contributed by atoms with Gasteiger partial charge in [-0.1, -0.05) is 0 Å². The molecule has 0 bridgehead atoms. The van der Waals surface area contributed by atoms with Crippen LogP contribution in [0.1, 0.15) is 0 Å². The number of aliphatic hydroxyl groups excluding tert-OH is 3. The molecule has 1 saturated heterocycles. The van der Waals surface area contributed by atoms with Crippen molar-refractivity contribution >= 4 is 11.8 Å². The second kappa shape index (κ2) is 2.88. The SMILES string of the molecule is OCC1[SH+]C[C@@H](O)[C@@H]1O. The maximum Gasteiger partial charge on any atom is 0.167 e. The van der Waals surface area contributed by atoms with Crippen LogP contribution in [-0.2, 0) is 11.8 Å². The first-order valence-electron chi connectivity index (χ1n) is 2.89. The molecule has 3 N–H and O–H groups in total. The summed E-state index contributed by atoms with van der Waals surface area (Å²) in [5.41, 5.74) is 0. The smallest absolute Gasteiger partial charge is 0.167 e. The Morgan fingerprint density at radius 3 is 2.33 bits per heavy atom. The first-order valence-corrected chi connectivity index (χ1v) is 4.04. The van der Waals surface area contributed by atoms with Gasteiger partial charge < -0.3 is 15.3 Å². The van der Waals surface area contributed by atoms with E-state index in [1.54, 1.807) is 0 Å². The molecule has 0 saturated carbocycles. The Hall–Kier alpha value is 0.230. The highest BCUT2D eigenvalue weighted by Crippen LogP contribution is 2.13. The Morgan fingerprint density at radius 2 is 2.11 bits per heavy atom. The Labute approximate surface area is 57.7 Å². The molecular weight excluding hydrogens is 140 g/mol. The third kappa shape index (κ3) is 1.38. The molecule has 3 atom stereocenters. The number of hydrogen-bond donors (Lipinski definition) is 3. The van der Waals surface area contributed by atoms with Crippen molar-refractivity contribution in [2.24, 2.45) is 0 Å². The lowest BCUT2D eigenvalue weighted by molar-refractivity contribution is 0.0326. The molecule has 0 spiro atoms. The van der Waals surface area contributed by atoms with Gasteiger partial charge in [0.25, 0.3) is 0 Å². The second-order valence-corrected chi connectivity index (χ2v) is 3.57. The van der Waals surface area contributed by atoms with E-state index in [9.17, 15) is 0 Å². The molecule has 0 radical (unpaired) electrons. The second-order valence-electron chi connectivity index (χ2n) is 2.17. The van der Waals surface area contributed by atoms with Crippen LogP contribution in [-0.4, -0.2) is 45.1 Å². The molecule has 4 heteroatoms. The third-order valence-electron chi connectivity index (χ3n) is 1.50. The van der Waals surface area contributed by atoms with Crippen molar-refractivity contribution in [2.45, 2.75) is 17.5 Å². The van der Waals surface area contributed by atoms with Gasteiger partial charge in [0.1, 0.15) is 18.0 Å². The highest BCUT2D eigenvalue weighted by molar-refractivity contribution is 7.79. The average molecular weight is 151 g/mol. The molecule has 1 aliphatic rings.